The molecule has 3 saturated carbocycles. The summed E-state index contributed by atoms with van der Waals surface area (Å²) in [7, 11) is 0. The summed E-state index contributed by atoms with van der Waals surface area (Å²) in [5, 5.41) is 10.5. The first-order valence-corrected chi connectivity index (χ1v) is 8.78. The number of carbonyl (C=O) groups excluding carboxylic acids is 1. The first kappa shape index (κ1) is 15.3. The van der Waals surface area contributed by atoms with Gasteiger partial charge in [-0.2, -0.15) is 0 Å². The molecule has 0 amide bonds. The number of halogens is 1. The van der Waals surface area contributed by atoms with Crippen molar-refractivity contribution in [2.75, 3.05) is 0 Å². The van der Waals surface area contributed by atoms with E-state index in [1.807, 2.05) is 0 Å². The second-order valence-corrected chi connectivity index (χ2v) is 8.52. The van der Waals surface area contributed by atoms with Gasteiger partial charge in [0.25, 0.3) is 0 Å². The van der Waals surface area contributed by atoms with E-state index < -0.39 is 17.0 Å². The van der Waals surface area contributed by atoms with Crippen LogP contribution in [-0.2, 0) is 4.79 Å². The van der Waals surface area contributed by atoms with Crippen LogP contribution >= 0.6 is 0 Å². The first-order chi connectivity index (χ1) is 10.8. The Balaban J connectivity index is 1.78. The average molecular weight is 316 g/mol. The zero-order valence-electron chi connectivity index (χ0n) is 13.9. The molecule has 1 N–H and O–H groups in total. The van der Waals surface area contributed by atoms with E-state index >= 15 is 0 Å². The van der Waals surface area contributed by atoms with E-state index in [1.54, 1.807) is 6.08 Å². The highest BCUT2D eigenvalue weighted by Gasteiger charge is 2.59. The molecule has 0 aromatic carbocycles. The molecule has 4 rings (SSSR count). The predicted molar refractivity (Wildman–Crippen MR) is 87.2 cm³/mol. The Morgan fingerprint density at radius 1 is 1.26 bits per heavy atom. The van der Waals surface area contributed by atoms with Crippen molar-refractivity contribution in [1.29, 1.82) is 0 Å². The molecule has 3 heteroatoms. The van der Waals surface area contributed by atoms with E-state index in [0.29, 0.717) is 17.8 Å². The van der Waals surface area contributed by atoms with Crippen molar-refractivity contribution in [2.45, 2.75) is 52.1 Å². The maximum absolute atomic E-state index is 14.1. The van der Waals surface area contributed by atoms with Gasteiger partial charge < -0.3 is 5.11 Å². The van der Waals surface area contributed by atoms with Crippen LogP contribution in [0.4, 0.5) is 4.39 Å². The number of hydrogen-bond acceptors (Lipinski definition) is 2. The third kappa shape index (κ3) is 1.86. The summed E-state index contributed by atoms with van der Waals surface area (Å²) < 4.78 is 14.1. The minimum atomic E-state index is -0.621. The van der Waals surface area contributed by atoms with Crippen molar-refractivity contribution in [3.05, 3.63) is 35.7 Å². The number of aliphatic hydroxyl groups excluding tert-OH is 1. The Kier molecular flexibility index (Phi) is 3.10. The second kappa shape index (κ2) is 4.66. The van der Waals surface area contributed by atoms with Crippen LogP contribution in [0, 0.1) is 28.6 Å². The Morgan fingerprint density at radius 3 is 2.74 bits per heavy atom. The van der Waals surface area contributed by atoms with Gasteiger partial charge in [0, 0.05) is 5.41 Å². The predicted octanol–water partition coefficient (Wildman–Crippen LogP) is 4.12. The van der Waals surface area contributed by atoms with Gasteiger partial charge in [0.2, 0.25) is 5.78 Å². The lowest BCUT2D eigenvalue weighted by molar-refractivity contribution is -0.113. The number of carbonyl (C=O) groups is 1. The molecule has 0 saturated heterocycles. The fourth-order valence-corrected chi connectivity index (χ4v) is 6.24. The van der Waals surface area contributed by atoms with Gasteiger partial charge in [-0.1, -0.05) is 26.0 Å². The summed E-state index contributed by atoms with van der Waals surface area (Å²) in [5.41, 5.74) is 1.49. The molecule has 23 heavy (non-hydrogen) atoms. The summed E-state index contributed by atoms with van der Waals surface area (Å²) in [6.45, 7) is 8.51. The number of aliphatic hydroxyl groups is 1. The van der Waals surface area contributed by atoms with Crippen LogP contribution in [0.2, 0.25) is 0 Å². The van der Waals surface area contributed by atoms with E-state index in [9.17, 15) is 14.3 Å². The van der Waals surface area contributed by atoms with Gasteiger partial charge in [0.15, 0.2) is 5.83 Å². The highest BCUT2D eigenvalue weighted by atomic mass is 19.1. The van der Waals surface area contributed by atoms with Crippen LogP contribution in [0.1, 0.15) is 46.0 Å². The Labute approximate surface area is 137 Å². The number of allylic oxidation sites excluding steroid dienone is 5. The lowest BCUT2D eigenvalue weighted by atomic mass is 9.47. The number of fused-ring (bicyclic) bond motifs is 5. The van der Waals surface area contributed by atoms with Gasteiger partial charge in [0.05, 0.1) is 6.10 Å². The van der Waals surface area contributed by atoms with Crippen molar-refractivity contribution >= 4 is 5.78 Å². The van der Waals surface area contributed by atoms with Gasteiger partial charge in [-0.25, -0.2) is 4.39 Å². The summed E-state index contributed by atoms with van der Waals surface area (Å²) in [6.07, 6.45) is 7.58. The van der Waals surface area contributed by atoms with Crippen molar-refractivity contribution in [3.63, 3.8) is 0 Å². The second-order valence-electron chi connectivity index (χ2n) is 8.52. The van der Waals surface area contributed by atoms with Crippen LogP contribution < -0.4 is 0 Å². The highest BCUT2D eigenvalue weighted by Crippen LogP contribution is 2.65. The first-order valence-electron chi connectivity index (χ1n) is 8.78. The number of rotatable bonds is 0. The Hall–Kier alpha value is -1.22. The van der Waals surface area contributed by atoms with E-state index in [2.05, 4.69) is 20.4 Å². The molecule has 0 spiro atoms. The molecule has 0 bridgehead atoms. The molecule has 4 aliphatic carbocycles. The Bertz CT molecular complexity index is 661. The summed E-state index contributed by atoms with van der Waals surface area (Å²) in [6, 6.07) is 0. The normalized spacial score (nSPS) is 49.0. The standard InChI is InChI=1S/C20H25FO2/c1-11-8-12-13-4-5-18(23)19(13,2)7-6-14(12)20(3)10-16(21)17(22)9-15(11)20/h9-10,12-14,18,23H,1,4-8H2,2-3H3/t12-,13-,14-,18?,19-,20+/m0/s1. The van der Waals surface area contributed by atoms with Gasteiger partial charge in [-0.3, -0.25) is 4.79 Å². The molecule has 0 heterocycles. The third-order valence-electron chi connectivity index (χ3n) is 7.54. The number of ketones is 1. The minimum absolute atomic E-state index is 0.00817. The minimum Gasteiger partial charge on any atom is -0.393 e. The molecule has 4 aliphatic rings. The summed E-state index contributed by atoms with van der Waals surface area (Å²) in [4.78, 5) is 11.8. The number of hydrogen-bond donors (Lipinski definition) is 1. The molecular formula is C20H25FO2. The molecule has 124 valence electrons. The summed E-state index contributed by atoms with van der Waals surface area (Å²) >= 11 is 0. The highest BCUT2D eigenvalue weighted by molar-refractivity contribution is 6.04. The topological polar surface area (TPSA) is 37.3 Å². The van der Waals surface area contributed by atoms with Gasteiger partial charge in [0.1, 0.15) is 0 Å². The SMILES string of the molecule is C=C1C[C@@H]2[C@H](CC[C@]3(C)C(O)CC[C@@H]23)[C@@]2(C)C=C(F)C(=O)C=C12. The molecule has 0 aliphatic heterocycles. The van der Waals surface area contributed by atoms with E-state index in [-0.39, 0.29) is 11.5 Å². The molecule has 0 aromatic rings. The van der Waals surface area contributed by atoms with Crippen molar-refractivity contribution in [2.24, 2.45) is 28.6 Å². The fourth-order valence-electron chi connectivity index (χ4n) is 6.24. The third-order valence-corrected chi connectivity index (χ3v) is 7.54. The van der Waals surface area contributed by atoms with Crippen LogP contribution in [0.15, 0.2) is 35.7 Å². The van der Waals surface area contributed by atoms with Crippen molar-refractivity contribution < 1.29 is 14.3 Å². The van der Waals surface area contributed by atoms with Gasteiger partial charge in [-0.05, 0) is 73.0 Å². The zero-order valence-corrected chi connectivity index (χ0v) is 13.9. The van der Waals surface area contributed by atoms with Crippen molar-refractivity contribution in [3.8, 4) is 0 Å². The van der Waals surface area contributed by atoms with Gasteiger partial charge in [-0.15, -0.1) is 0 Å². The lowest BCUT2D eigenvalue weighted by Gasteiger charge is -2.57. The molecule has 3 fully saturated rings. The van der Waals surface area contributed by atoms with Gasteiger partial charge >= 0.3 is 0 Å². The lowest BCUT2D eigenvalue weighted by Crippen LogP contribution is -2.51. The quantitative estimate of drug-likeness (QED) is 0.730. The Morgan fingerprint density at radius 2 is 2.00 bits per heavy atom. The molecule has 2 nitrogen and oxygen atoms in total. The smallest absolute Gasteiger partial charge is 0.214 e. The maximum Gasteiger partial charge on any atom is 0.214 e. The molecule has 6 atom stereocenters. The van der Waals surface area contributed by atoms with Crippen molar-refractivity contribution in [1.82, 2.24) is 0 Å². The van der Waals surface area contributed by atoms with E-state index in [0.717, 1.165) is 43.3 Å². The summed E-state index contributed by atoms with van der Waals surface area (Å²) in [5.74, 6) is 0.0956. The van der Waals surface area contributed by atoms with Crippen LogP contribution in [0.3, 0.4) is 0 Å². The fraction of sp³-hybridized carbons (Fsp3) is 0.650. The largest absolute Gasteiger partial charge is 0.393 e. The van der Waals surface area contributed by atoms with E-state index in [1.165, 1.54) is 6.08 Å². The average Bonchev–Trinajstić information content (AvgIpc) is 2.78. The monoisotopic (exact) mass is 316 g/mol. The molecule has 0 radical (unpaired) electrons. The van der Waals surface area contributed by atoms with Crippen LogP contribution in [0.25, 0.3) is 0 Å². The molecular weight excluding hydrogens is 291 g/mol. The van der Waals surface area contributed by atoms with Crippen LogP contribution in [-0.4, -0.2) is 17.0 Å². The van der Waals surface area contributed by atoms with Crippen LogP contribution in [0.5, 0.6) is 0 Å². The molecule has 1 unspecified atom stereocenters. The molecule has 0 aromatic heterocycles. The maximum atomic E-state index is 14.1. The zero-order chi connectivity index (χ0) is 16.6. The van der Waals surface area contributed by atoms with E-state index in [4.69, 9.17) is 0 Å².